The molecular weight excluding hydrogens is 158 g/mol. The van der Waals surface area contributed by atoms with E-state index in [4.69, 9.17) is 0 Å². The number of benzene rings is 1. The van der Waals surface area contributed by atoms with E-state index in [1.54, 1.807) is 0 Å². The van der Waals surface area contributed by atoms with Gasteiger partial charge in [0.05, 0.1) is 0 Å². The van der Waals surface area contributed by atoms with E-state index in [1.165, 1.54) is 4.46 Å². The standard InChI is InChI=1S/C6H6Se.Li.H/c7-6-4-2-1-3-5-6;;/h1-5,7H;;. The summed E-state index contributed by atoms with van der Waals surface area (Å²) in [6, 6.07) is 10.2. The average Bonchev–Trinajstić information content (AvgIpc) is 1.69. The quantitative estimate of drug-likeness (QED) is 0.457. The van der Waals surface area contributed by atoms with Crippen LogP contribution >= 0.6 is 0 Å². The second-order valence-electron chi connectivity index (χ2n) is 1.34. The molecule has 0 saturated carbocycles. The number of rotatable bonds is 0. The van der Waals surface area contributed by atoms with E-state index in [0.29, 0.717) is 0 Å². The van der Waals surface area contributed by atoms with Crippen LogP contribution in [0.4, 0.5) is 0 Å². The SMILES string of the molecule is [LiH].[SeH]c1ccccc1. The van der Waals surface area contributed by atoms with E-state index in [-0.39, 0.29) is 18.9 Å². The molecule has 1 aromatic rings. The van der Waals surface area contributed by atoms with Crippen LogP contribution in [0.15, 0.2) is 30.3 Å². The monoisotopic (exact) mass is 166 g/mol. The van der Waals surface area contributed by atoms with Gasteiger partial charge in [-0.2, -0.15) is 0 Å². The van der Waals surface area contributed by atoms with Crippen molar-refractivity contribution in [3.8, 4) is 0 Å². The fourth-order valence-corrected chi connectivity index (χ4v) is 0.789. The Hall–Kier alpha value is 0.337. The van der Waals surface area contributed by atoms with Gasteiger partial charge < -0.3 is 0 Å². The van der Waals surface area contributed by atoms with Crippen LogP contribution in [0.1, 0.15) is 0 Å². The first kappa shape index (κ1) is 8.34. The van der Waals surface area contributed by atoms with E-state index in [1.807, 2.05) is 18.2 Å². The molecule has 0 N–H and O–H groups in total. The van der Waals surface area contributed by atoms with Crippen molar-refractivity contribution in [1.29, 1.82) is 0 Å². The van der Waals surface area contributed by atoms with Crippen LogP contribution in [-0.4, -0.2) is 34.9 Å². The molecule has 0 aliphatic carbocycles. The normalized spacial score (nSPS) is 7.62. The molecule has 0 aliphatic heterocycles. The summed E-state index contributed by atoms with van der Waals surface area (Å²) in [5, 5.41) is 0. The van der Waals surface area contributed by atoms with Crippen LogP contribution in [0.5, 0.6) is 0 Å². The van der Waals surface area contributed by atoms with Crippen LogP contribution < -0.4 is 4.46 Å². The molecule has 0 amide bonds. The molecule has 0 unspecified atom stereocenters. The Kier molecular flexibility index (Phi) is 4.42. The molecule has 2 heteroatoms. The van der Waals surface area contributed by atoms with E-state index < -0.39 is 0 Å². The summed E-state index contributed by atoms with van der Waals surface area (Å²) in [7, 11) is 0. The topological polar surface area (TPSA) is 0 Å². The first-order valence-corrected chi connectivity index (χ1v) is 3.07. The molecule has 0 radical (unpaired) electrons. The van der Waals surface area contributed by atoms with Gasteiger partial charge in [0.25, 0.3) is 0 Å². The van der Waals surface area contributed by atoms with Crippen molar-refractivity contribution in [1.82, 2.24) is 0 Å². The Morgan fingerprint density at radius 3 is 1.75 bits per heavy atom. The van der Waals surface area contributed by atoms with E-state index in [9.17, 15) is 0 Å². The zero-order chi connectivity index (χ0) is 5.11. The minimum absolute atomic E-state index is 0. The van der Waals surface area contributed by atoms with E-state index in [0.717, 1.165) is 0 Å². The van der Waals surface area contributed by atoms with Crippen LogP contribution in [0.2, 0.25) is 0 Å². The third-order valence-electron chi connectivity index (χ3n) is 0.756. The van der Waals surface area contributed by atoms with Crippen LogP contribution in [-0.2, 0) is 0 Å². The maximum absolute atomic E-state index is 2.49. The summed E-state index contributed by atoms with van der Waals surface area (Å²) in [5.74, 6) is 0. The third-order valence-corrected chi connectivity index (χ3v) is 1.38. The van der Waals surface area contributed by atoms with Gasteiger partial charge in [-0.3, -0.25) is 0 Å². The molecule has 1 rings (SSSR count). The molecule has 0 saturated heterocycles. The van der Waals surface area contributed by atoms with Gasteiger partial charge in [-0.05, 0) is 0 Å². The van der Waals surface area contributed by atoms with Crippen molar-refractivity contribution in [3.05, 3.63) is 30.3 Å². The summed E-state index contributed by atoms with van der Waals surface area (Å²) in [6.07, 6.45) is 0. The van der Waals surface area contributed by atoms with Gasteiger partial charge in [-0.25, -0.2) is 0 Å². The second kappa shape index (κ2) is 4.24. The van der Waals surface area contributed by atoms with Gasteiger partial charge in [0.1, 0.15) is 0 Å². The minimum atomic E-state index is 0. The van der Waals surface area contributed by atoms with Gasteiger partial charge >= 0.3 is 69.7 Å². The predicted molar refractivity (Wildman–Crippen MR) is 40.4 cm³/mol. The zero-order valence-electron chi connectivity index (χ0n) is 3.83. The van der Waals surface area contributed by atoms with Crippen LogP contribution in [0.3, 0.4) is 0 Å². The van der Waals surface area contributed by atoms with Crippen molar-refractivity contribution >= 4 is 39.3 Å². The summed E-state index contributed by atoms with van der Waals surface area (Å²) in [6.45, 7) is 0. The first-order chi connectivity index (χ1) is 3.39. The molecule has 0 heterocycles. The molecule has 0 aromatic heterocycles. The molecule has 38 valence electrons. The second-order valence-corrected chi connectivity index (χ2v) is 2.42. The van der Waals surface area contributed by atoms with E-state index >= 15 is 0 Å². The van der Waals surface area contributed by atoms with Gasteiger partial charge in [0.15, 0.2) is 0 Å². The summed E-state index contributed by atoms with van der Waals surface area (Å²) < 4.78 is 1.26. The molecule has 0 spiro atoms. The van der Waals surface area contributed by atoms with Crippen LogP contribution in [0, 0.1) is 0 Å². The summed E-state index contributed by atoms with van der Waals surface area (Å²) in [5.41, 5.74) is 0. The molecule has 0 fully saturated rings. The fourth-order valence-electron chi connectivity index (χ4n) is 0.428. The molecule has 0 atom stereocenters. The number of hydrogen-bond donors (Lipinski definition) is 0. The summed E-state index contributed by atoms with van der Waals surface area (Å²) >= 11 is 2.49. The molecule has 0 bridgehead atoms. The molecule has 0 nitrogen and oxygen atoms in total. The molecule has 8 heavy (non-hydrogen) atoms. The Morgan fingerprint density at radius 2 is 1.50 bits per heavy atom. The number of hydrogen-bond acceptors (Lipinski definition) is 0. The third kappa shape index (κ3) is 2.60. The average molecular weight is 165 g/mol. The predicted octanol–water partition coefficient (Wildman–Crippen LogP) is -0.436. The van der Waals surface area contributed by atoms with Crippen LogP contribution in [0.25, 0.3) is 0 Å². The van der Waals surface area contributed by atoms with E-state index in [2.05, 4.69) is 28.1 Å². The van der Waals surface area contributed by atoms with Crippen molar-refractivity contribution in [3.63, 3.8) is 0 Å². The maximum atomic E-state index is 2.49. The van der Waals surface area contributed by atoms with Gasteiger partial charge in [-0.1, -0.05) is 0 Å². The Balaban J connectivity index is 0.000000490. The molecular formula is C6H7LiSe. The fraction of sp³-hybridized carbons (Fsp3) is 0. The van der Waals surface area contributed by atoms with Crippen molar-refractivity contribution < 1.29 is 0 Å². The Morgan fingerprint density at radius 1 is 1.00 bits per heavy atom. The van der Waals surface area contributed by atoms with Gasteiger partial charge in [0.2, 0.25) is 0 Å². The first-order valence-electron chi connectivity index (χ1n) is 2.13. The van der Waals surface area contributed by atoms with Crippen molar-refractivity contribution in [2.24, 2.45) is 0 Å². The van der Waals surface area contributed by atoms with Crippen molar-refractivity contribution in [2.75, 3.05) is 0 Å². The summed E-state index contributed by atoms with van der Waals surface area (Å²) in [4.78, 5) is 0. The molecule has 0 aliphatic rings. The van der Waals surface area contributed by atoms with Gasteiger partial charge in [-0.15, -0.1) is 0 Å². The van der Waals surface area contributed by atoms with Gasteiger partial charge in [0, 0.05) is 0 Å². The van der Waals surface area contributed by atoms with Crippen molar-refractivity contribution in [2.45, 2.75) is 0 Å². The molecule has 1 aromatic carbocycles. The zero-order valence-corrected chi connectivity index (χ0v) is 5.71. The Bertz CT molecular complexity index is 138. The Labute approximate surface area is 69.7 Å².